The Morgan fingerprint density at radius 1 is 0.956 bits per heavy atom. The summed E-state index contributed by atoms with van der Waals surface area (Å²) in [6.07, 6.45) is 2.74. The molecule has 3 aromatic carbocycles. The number of amides is 2. The predicted octanol–water partition coefficient (Wildman–Crippen LogP) is 6.11. The first kappa shape index (κ1) is 29.8. The Balaban J connectivity index is 1.37. The number of rotatable bonds is 7. The van der Waals surface area contributed by atoms with E-state index in [1.165, 1.54) is 35.8 Å². The van der Waals surface area contributed by atoms with Crippen LogP contribution in [0.5, 0.6) is 0 Å². The molecule has 0 saturated heterocycles. The van der Waals surface area contributed by atoms with E-state index in [0.717, 1.165) is 12.1 Å². The highest BCUT2D eigenvalue weighted by Gasteiger charge is 2.24. The maximum atomic E-state index is 15.7. The second-order valence-electron chi connectivity index (χ2n) is 10.1. The van der Waals surface area contributed by atoms with Crippen molar-refractivity contribution in [3.8, 4) is 5.82 Å². The smallest absolute Gasteiger partial charge is 0.321 e. The van der Waals surface area contributed by atoms with Gasteiger partial charge in [-0.05, 0) is 42.5 Å². The van der Waals surface area contributed by atoms with Gasteiger partial charge in [-0.2, -0.15) is 0 Å². The molecule has 0 aliphatic carbocycles. The van der Waals surface area contributed by atoms with Gasteiger partial charge in [0, 0.05) is 19.7 Å². The van der Waals surface area contributed by atoms with Crippen LogP contribution in [-0.2, 0) is 15.6 Å². The number of fused-ring (bicyclic) bond motifs is 2. The molecule has 0 unspecified atom stereocenters. The zero-order valence-corrected chi connectivity index (χ0v) is 25.2. The van der Waals surface area contributed by atoms with E-state index in [1.54, 1.807) is 55.1 Å². The summed E-state index contributed by atoms with van der Waals surface area (Å²) in [6, 6.07) is 16.2. The summed E-state index contributed by atoms with van der Waals surface area (Å²) >= 11 is 6.06. The van der Waals surface area contributed by atoms with E-state index in [0.29, 0.717) is 28.1 Å². The van der Waals surface area contributed by atoms with Gasteiger partial charge in [-0.3, -0.25) is 4.57 Å². The maximum Gasteiger partial charge on any atom is 0.321 e. The van der Waals surface area contributed by atoms with E-state index in [1.807, 2.05) is 0 Å². The van der Waals surface area contributed by atoms with Gasteiger partial charge in [0.1, 0.15) is 41.0 Å². The van der Waals surface area contributed by atoms with Crippen molar-refractivity contribution in [1.29, 1.82) is 0 Å². The Kier molecular flexibility index (Phi) is 7.76. The number of anilines is 3. The van der Waals surface area contributed by atoms with E-state index >= 15 is 8.78 Å². The number of pyridine rings is 1. The number of carbonyl (C=O) groups excluding carboxylic acids is 1. The number of urea groups is 1. The highest BCUT2D eigenvalue weighted by atomic mass is 35.5. The molecule has 11 nitrogen and oxygen atoms in total. The fraction of sp³-hybridized carbons (Fsp3) is 0.100. The van der Waals surface area contributed by atoms with Crippen LogP contribution in [0.25, 0.3) is 27.9 Å². The standard InChI is InChI=1S/C30H23ClF2N8O3S/c1-40(2)30(42)37-21-7-5-8-22-27(21)36-16-41(22)24-13-12-20-28(38-24)29(35-15-34-20)39-26-19(32)11-10-17(25(26)33)14-45(43,44)23-9-4-3-6-18(23)31/h3-13,15-16H,14H2,1-2H3,(H,37,42)(H,34,35,39). The summed E-state index contributed by atoms with van der Waals surface area (Å²) in [4.78, 5) is 31.0. The molecule has 0 saturated carbocycles. The summed E-state index contributed by atoms with van der Waals surface area (Å²) in [5.74, 6) is -2.47. The first-order chi connectivity index (χ1) is 21.5. The van der Waals surface area contributed by atoms with Gasteiger partial charge in [-0.25, -0.2) is 41.9 Å². The Morgan fingerprint density at radius 2 is 1.76 bits per heavy atom. The summed E-state index contributed by atoms with van der Waals surface area (Å²) in [7, 11) is -0.816. The number of hydrogen-bond donors (Lipinski definition) is 2. The number of aromatic nitrogens is 5. The van der Waals surface area contributed by atoms with Crippen LogP contribution in [-0.4, -0.2) is 57.9 Å². The monoisotopic (exact) mass is 648 g/mol. The number of nitrogens with one attached hydrogen (secondary N) is 2. The average Bonchev–Trinajstić information content (AvgIpc) is 3.46. The molecule has 0 atom stereocenters. The zero-order chi connectivity index (χ0) is 31.9. The number of hydrogen-bond acceptors (Lipinski definition) is 8. The first-order valence-electron chi connectivity index (χ1n) is 13.3. The van der Waals surface area contributed by atoms with Gasteiger partial charge in [-0.15, -0.1) is 0 Å². The number of nitrogens with zero attached hydrogens (tertiary/aromatic N) is 6. The van der Waals surface area contributed by atoms with Crippen molar-refractivity contribution in [2.45, 2.75) is 10.6 Å². The number of para-hydroxylation sites is 1. The van der Waals surface area contributed by atoms with Crippen LogP contribution >= 0.6 is 11.6 Å². The lowest BCUT2D eigenvalue weighted by atomic mass is 10.2. The van der Waals surface area contributed by atoms with Gasteiger partial charge in [0.05, 0.1) is 32.4 Å². The molecule has 0 bridgehead atoms. The van der Waals surface area contributed by atoms with Crippen LogP contribution in [0.4, 0.5) is 30.8 Å². The highest BCUT2D eigenvalue weighted by Crippen LogP contribution is 2.32. The molecule has 2 N–H and O–H groups in total. The minimum absolute atomic E-state index is 0.00656. The largest absolute Gasteiger partial charge is 0.333 e. The summed E-state index contributed by atoms with van der Waals surface area (Å²) in [6.45, 7) is 0. The molecular formula is C30H23ClF2N8O3S. The molecule has 0 fully saturated rings. The molecule has 228 valence electrons. The fourth-order valence-electron chi connectivity index (χ4n) is 4.62. The van der Waals surface area contributed by atoms with E-state index in [9.17, 15) is 13.2 Å². The van der Waals surface area contributed by atoms with Crippen LogP contribution < -0.4 is 10.6 Å². The third-order valence-corrected chi connectivity index (χ3v) is 9.03. The molecule has 6 aromatic rings. The number of imidazole rings is 1. The third kappa shape index (κ3) is 5.72. The first-order valence-corrected chi connectivity index (χ1v) is 15.3. The normalized spacial score (nSPS) is 11.6. The van der Waals surface area contributed by atoms with Crippen LogP contribution in [0, 0.1) is 11.6 Å². The van der Waals surface area contributed by atoms with Crippen molar-refractivity contribution < 1.29 is 22.0 Å². The molecular weight excluding hydrogens is 626 g/mol. The van der Waals surface area contributed by atoms with Crippen molar-refractivity contribution in [2.24, 2.45) is 0 Å². The second-order valence-corrected chi connectivity index (χ2v) is 12.4. The minimum Gasteiger partial charge on any atom is -0.333 e. The number of halogens is 3. The van der Waals surface area contributed by atoms with Crippen molar-refractivity contribution >= 4 is 66.7 Å². The quantitative estimate of drug-likeness (QED) is 0.212. The van der Waals surface area contributed by atoms with Gasteiger partial charge < -0.3 is 15.5 Å². The van der Waals surface area contributed by atoms with E-state index in [2.05, 4.69) is 30.6 Å². The van der Waals surface area contributed by atoms with E-state index in [-0.39, 0.29) is 32.8 Å². The number of benzene rings is 3. The average molecular weight is 649 g/mol. The zero-order valence-electron chi connectivity index (χ0n) is 23.7. The summed E-state index contributed by atoms with van der Waals surface area (Å²) in [5, 5.41) is 5.45. The lowest BCUT2D eigenvalue weighted by Gasteiger charge is -2.14. The SMILES string of the molecule is CN(C)C(=O)Nc1cccc2c1ncn2-c1ccc2ncnc(Nc3c(F)ccc(CS(=O)(=O)c4ccccc4Cl)c3F)c2n1. The molecule has 15 heteroatoms. The maximum absolute atomic E-state index is 15.7. The van der Waals surface area contributed by atoms with Crippen molar-refractivity contribution in [2.75, 3.05) is 24.7 Å². The topological polar surface area (TPSA) is 135 Å². The van der Waals surface area contributed by atoms with Crippen molar-refractivity contribution in [1.82, 2.24) is 29.4 Å². The van der Waals surface area contributed by atoms with Crippen LogP contribution in [0.3, 0.4) is 0 Å². The molecule has 0 spiro atoms. The number of carbonyl (C=O) groups is 1. The molecule has 45 heavy (non-hydrogen) atoms. The summed E-state index contributed by atoms with van der Waals surface area (Å²) < 4.78 is 58.4. The molecule has 0 radical (unpaired) electrons. The second kappa shape index (κ2) is 11.7. The molecule has 3 heterocycles. The Morgan fingerprint density at radius 3 is 2.53 bits per heavy atom. The van der Waals surface area contributed by atoms with Gasteiger partial charge in [0.25, 0.3) is 0 Å². The Labute approximate surface area is 260 Å². The Bertz CT molecular complexity index is 2230. The Hall–Kier alpha value is -5.21. The molecule has 2 amide bonds. The van der Waals surface area contributed by atoms with Crippen LogP contribution in [0.1, 0.15) is 5.56 Å². The predicted molar refractivity (Wildman–Crippen MR) is 167 cm³/mol. The van der Waals surface area contributed by atoms with Gasteiger partial charge in [-0.1, -0.05) is 35.9 Å². The molecule has 0 aliphatic rings. The molecule has 3 aromatic heterocycles. The summed E-state index contributed by atoms with van der Waals surface area (Å²) in [5.41, 5.74) is 1.33. The molecule has 0 aliphatic heterocycles. The lowest BCUT2D eigenvalue weighted by Crippen LogP contribution is -2.27. The van der Waals surface area contributed by atoms with Gasteiger partial charge in [0.15, 0.2) is 21.5 Å². The van der Waals surface area contributed by atoms with Crippen molar-refractivity contribution in [3.63, 3.8) is 0 Å². The van der Waals surface area contributed by atoms with Crippen LogP contribution in [0.2, 0.25) is 5.02 Å². The van der Waals surface area contributed by atoms with E-state index in [4.69, 9.17) is 11.6 Å². The van der Waals surface area contributed by atoms with Crippen LogP contribution in [0.15, 0.2) is 84.3 Å². The van der Waals surface area contributed by atoms with Crippen molar-refractivity contribution in [3.05, 3.63) is 102 Å². The van der Waals surface area contributed by atoms with Gasteiger partial charge >= 0.3 is 6.03 Å². The fourth-order valence-corrected chi connectivity index (χ4v) is 6.55. The van der Waals surface area contributed by atoms with E-state index < -0.39 is 32.9 Å². The molecule has 6 rings (SSSR count). The third-order valence-electron chi connectivity index (χ3n) is 6.87. The minimum atomic E-state index is -4.06. The lowest BCUT2D eigenvalue weighted by molar-refractivity contribution is 0.230. The highest BCUT2D eigenvalue weighted by molar-refractivity contribution is 7.90. The number of sulfone groups is 1. The van der Waals surface area contributed by atoms with Gasteiger partial charge in [0.2, 0.25) is 0 Å².